The van der Waals surface area contributed by atoms with Crippen molar-refractivity contribution in [1.82, 2.24) is 15.0 Å². The Morgan fingerprint density at radius 3 is 2.48 bits per heavy atom. The maximum Gasteiger partial charge on any atom is 0.278 e. The lowest BCUT2D eigenvalue weighted by atomic mass is 10.2. The minimum Gasteiger partial charge on any atom is -0.322 e. The van der Waals surface area contributed by atoms with E-state index in [2.05, 4.69) is 52.8 Å². The van der Waals surface area contributed by atoms with Crippen molar-refractivity contribution in [2.45, 2.75) is 20.4 Å². The molecule has 2 amide bonds. The summed E-state index contributed by atoms with van der Waals surface area (Å²) in [7, 11) is 0. The first kappa shape index (κ1) is 21.1. The zero-order chi connectivity index (χ0) is 21.1. The highest BCUT2D eigenvalue weighted by Crippen LogP contribution is 2.24. The van der Waals surface area contributed by atoms with Crippen molar-refractivity contribution in [2.75, 3.05) is 10.6 Å². The summed E-state index contributed by atoms with van der Waals surface area (Å²) in [5.41, 5.74) is 2.21. The summed E-state index contributed by atoms with van der Waals surface area (Å²) < 4.78 is 16.5. The molecule has 0 atom stereocenters. The van der Waals surface area contributed by atoms with Crippen LogP contribution in [0.4, 0.5) is 15.8 Å². The van der Waals surface area contributed by atoms with Gasteiger partial charge in [0.05, 0.1) is 17.1 Å². The van der Waals surface area contributed by atoms with E-state index < -0.39 is 17.6 Å². The van der Waals surface area contributed by atoms with Crippen LogP contribution in [0.3, 0.4) is 0 Å². The SMILES string of the molecule is Cc1ccc(NC(=O)c2nnn(CC(=O)Nc3ccc(Br)cc3F)c2C)c(Br)c1. The smallest absolute Gasteiger partial charge is 0.278 e. The van der Waals surface area contributed by atoms with Gasteiger partial charge in [0.1, 0.15) is 12.4 Å². The van der Waals surface area contributed by atoms with Crippen molar-refractivity contribution in [3.05, 3.63) is 68.1 Å². The quantitative estimate of drug-likeness (QED) is 0.516. The molecule has 150 valence electrons. The first-order valence-electron chi connectivity index (χ1n) is 8.47. The van der Waals surface area contributed by atoms with Gasteiger partial charge in [0.2, 0.25) is 5.91 Å². The lowest BCUT2D eigenvalue weighted by Gasteiger charge is -2.08. The number of carbonyl (C=O) groups is 2. The number of anilines is 2. The Morgan fingerprint density at radius 2 is 1.79 bits per heavy atom. The van der Waals surface area contributed by atoms with Crippen LogP contribution in [0.5, 0.6) is 0 Å². The topological polar surface area (TPSA) is 88.9 Å². The number of amides is 2. The number of halogens is 3. The molecule has 0 spiro atoms. The third-order valence-corrected chi connectivity index (χ3v) is 5.22. The Kier molecular flexibility index (Phi) is 6.43. The van der Waals surface area contributed by atoms with Gasteiger partial charge >= 0.3 is 0 Å². The molecule has 0 aliphatic rings. The molecule has 7 nitrogen and oxygen atoms in total. The van der Waals surface area contributed by atoms with Gasteiger partial charge in [-0.3, -0.25) is 9.59 Å². The molecule has 1 aromatic heterocycles. The predicted molar refractivity (Wildman–Crippen MR) is 114 cm³/mol. The summed E-state index contributed by atoms with van der Waals surface area (Å²) >= 11 is 6.56. The molecule has 2 aromatic carbocycles. The zero-order valence-electron chi connectivity index (χ0n) is 15.5. The fourth-order valence-corrected chi connectivity index (χ4v) is 3.47. The molecule has 0 saturated carbocycles. The summed E-state index contributed by atoms with van der Waals surface area (Å²) in [6.45, 7) is 3.36. The van der Waals surface area contributed by atoms with Crippen LogP contribution in [-0.2, 0) is 11.3 Å². The van der Waals surface area contributed by atoms with Gasteiger partial charge in [0, 0.05) is 8.95 Å². The maximum atomic E-state index is 13.9. The highest BCUT2D eigenvalue weighted by Gasteiger charge is 2.19. The minimum absolute atomic E-state index is 0.0538. The number of aryl methyl sites for hydroxylation is 1. The van der Waals surface area contributed by atoms with Gasteiger partial charge in [-0.05, 0) is 65.7 Å². The Labute approximate surface area is 182 Å². The van der Waals surface area contributed by atoms with Gasteiger partial charge in [-0.25, -0.2) is 9.07 Å². The van der Waals surface area contributed by atoms with Crippen molar-refractivity contribution >= 4 is 55.0 Å². The molecule has 0 aliphatic carbocycles. The molecule has 0 bridgehead atoms. The normalized spacial score (nSPS) is 10.7. The van der Waals surface area contributed by atoms with Crippen molar-refractivity contribution in [1.29, 1.82) is 0 Å². The molecular weight excluding hydrogens is 509 g/mol. The molecule has 29 heavy (non-hydrogen) atoms. The van der Waals surface area contributed by atoms with E-state index in [1.54, 1.807) is 19.1 Å². The van der Waals surface area contributed by atoms with E-state index in [-0.39, 0.29) is 17.9 Å². The average Bonchev–Trinajstić information content (AvgIpc) is 3.00. The molecule has 2 N–H and O–H groups in total. The van der Waals surface area contributed by atoms with Crippen LogP contribution >= 0.6 is 31.9 Å². The highest BCUT2D eigenvalue weighted by molar-refractivity contribution is 9.10. The first-order chi connectivity index (χ1) is 13.7. The van der Waals surface area contributed by atoms with E-state index in [1.165, 1.54) is 16.8 Å². The van der Waals surface area contributed by atoms with Crippen LogP contribution in [0.15, 0.2) is 45.3 Å². The van der Waals surface area contributed by atoms with Gasteiger partial charge in [-0.15, -0.1) is 5.10 Å². The van der Waals surface area contributed by atoms with E-state index in [1.807, 2.05) is 19.1 Å². The summed E-state index contributed by atoms with van der Waals surface area (Å²) in [4.78, 5) is 24.8. The summed E-state index contributed by atoms with van der Waals surface area (Å²) in [6.07, 6.45) is 0. The maximum absolute atomic E-state index is 13.9. The molecule has 0 unspecified atom stereocenters. The lowest BCUT2D eigenvalue weighted by molar-refractivity contribution is -0.117. The Balaban J connectivity index is 1.69. The fraction of sp³-hybridized carbons (Fsp3) is 0.158. The van der Waals surface area contributed by atoms with E-state index in [9.17, 15) is 14.0 Å². The molecule has 0 radical (unpaired) electrons. The van der Waals surface area contributed by atoms with Crippen LogP contribution in [0.2, 0.25) is 0 Å². The van der Waals surface area contributed by atoms with Crippen LogP contribution < -0.4 is 10.6 Å². The van der Waals surface area contributed by atoms with E-state index >= 15 is 0 Å². The Morgan fingerprint density at radius 1 is 1.07 bits per heavy atom. The highest BCUT2D eigenvalue weighted by atomic mass is 79.9. The zero-order valence-corrected chi connectivity index (χ0v) is 18.6. The summed E-state index contributed by atoms with van der Waals surface area (Å²) in [6, 6.07) is 9.84. The molecule has 10 heteroatoms. The fourth-order valence-electron chi connectivity index (χ4n) is 2.54. The number of hydrogen-bond acceptors (Lipinski definition) is 4. The van der Waals surface area contributed by atoms with Crippen molar-refractivity contribution in [3.63, 3.8) is 0 Å². The minimum atomic E-state index is -0.563. The van der Waals surface area contributed by atoms with Gasteiger partial charge in [-0.1, -0.05) is 27.2 Å². The third-order valence-electron chi connectivity index (χ3n) is 4.07. The molecule has 0 fully saturated rings. The van der Waals surface area contributed by atoms with Crippen LogP contribution in [-0.4, -0.2) is 26.8 Å². The monoisotopic (exact) mass is 523 g/mol. The Hall–Kier alpha value is -2.59. The second-order valence-electron chi connectivity index (χ2n) is 6.29. The second-order valence-corrected chi connectivity index (χ2v) is 8.06. The molecule has 0 aliphatic heterocycles. The van der Waals surface area contributed by atoms with Crippen molar-refractivity contribution in [3.8, 4) is 0 Å². The standard InChI is InChI=1S/C19H16Br2FN5O2/c1-10-3-5-15(13(21)7-10)24-19(29)18-11(2)27(26-25-18)9-17(28)23-16-6-4-12(20)8-14(16)22/h3-8H,9H2,1-2H3,(H,23,28)(H,24,29). The molecule has 1 heterocycles. The third kappa shape index (κ3) is 5.07. The number of rotatable bonds is 5. The predicted octanol–water partition coefficient (Wildman–Crippen LogP) is 4.45. The Bertz CT molecular complexity index is 1100. The molecule has 3 aromatic rings. The van der Waals surface area contributed by atoms with Crippen molar-refractivity contribution < 1.29 is 14.0 Å². The van der Waals surface area contributed by atoms with Gasteiger partial charge in [0.15, 0.2) is 5.69 Å². The lowest BCUT2D eigenvalue weighted by Crippen LogP contribution is -2.21. The van der Waals surface area contributed by atoms with Crippen LogP contribution in [0, 0.1) is 19.7 Å². The molecule has 0 saturated heterocycles. The average molecular weight is 525 g/mol. The van der Waals surface area contributed by atoms with Gasteiger partial charge in [0.25, 0.3) is 5.91 Å². The van der Waals surface area contributed by atoms with Crippen LogP contribution in [0.1, 0.15) is 21.7 Å². The number of aromatic nitrogens is 3. The largest absolute Gasteiger partial charge is 0.322 e. The summed E-state index contributed by atoms with van der Waals surface area (Å²) in [5.74, 6) is -1.50. The van der Waals surface area contributed by atoms with E-state index in [0.29, 0.717) is 15.9 Å². The van der Waals surface area contributed by atoms with E-state index in [4.69, 9.17) is 0 Å². The van der Waals surface area contributed by atoms with Crippen LogP contribution in [0.25, 0.3) is 0 Å². The summed E-state index contributed by atoms with van der Waals surface area (Å²) in [5, 5.41) is 13.0. The number of nitrogens with one attached hydrogen (secondary N) is 2. The molecular formula is C19H16Br2FN5O2. The first-order valence-corrected chi connectivity index (χ1v) is 10.1. The van der Waals surface area contributed by atoms with E-state index in [0.717, 1.165) is 10.0 Å². The van der Waals surface area contributed by atoms with Gasteiger partial charge < -0.3 is 10.6 Å². The number of carbonyl (C=O) groups excluding carboxylic acids is 2. The van der Waals surface area contributed by atoms with Crippen molar-refractivity contribution in [2.24, 2.45) is 0 Å². The second kappa shape index (κ2) is 8.83. The molecule has 3 rings (SSSR count). The number of hydrogen-bond donors (Lipinski definition) is 2. The number of nitrogens with zero attached hydrogens (tertiary/aromatic N) is 3. The number of benzene rings is 2. The van der Waals surface area contributed by atoms with Gasteiger partial charge in [-0.2, -0.15) is 0 Å².